The number of aryl methyl sites for hydroxylation is 2. The fourth-order valence-corrected chi connectivity index (χ4v) is 5.25. The standard InChI is InChI=1S/C30H29N3O2/c1-4-20(11-8-14-31-3)29-25-15-21-9-7-10-22(21)16-27(25)33(30(29)19(2)34)18-23-17-28(35)32-26-13-6-5-12-24(23)26/h4-6,8,11-17,31,34H,1-2,7,9-10,18H2,3H3,(H,32,35)/b14-8-,20-11+. The van der Waals surface area contributed by atoms with E-state index in [1.54, 1.807) is 12.1 Å². The Morgan fingerprint density at radius 2 is 1.94 bits per heavy atom. The number of aliphatic hydroxyl groups excluding tert-OH is 1. The summed E-state index contributed by atoms with van der Waals surface area (Å²) >= 11 is 0. The van der Waals surface area contributed by atoms with Crippen molar-refractivity contribution in [2.45, 2.75) is 25.8 Å². The average Bonchev–Trinajstić information content (AvgIpc) is 3.42. The molecule has 0 unspecified atom stereocenters. The molecule has 1 aliphatic carbocycles. The highest BCUT2D eigenvalue weighted by Gasteiger charge is 2.24. The molecule has 5 rings (SSSR count). The second-order valence-electron chi connectivity index (χ2n) is 8.93. The number of aliphatic hydroxyl groups is 1. The first-order chi connectivity index (χ1) is 17.0. The lowest BCUT2D eigenvalue weighted by Crippen LogP contribution is -2.11. The molecule has 2 heterocycles. The summed E-state index contributed by atoms with van der Waals surface area (Å²) in [5, 5.41) is 15.9. The van der Waals surface area contributed by atoms with Gasteiger partial charge in [0.1, 0.15) is 5.76 Å². The van der Waals surface area contributed by atoms with Gasteiger partial charge in [0.25, 0.3) is 0 Å². The molecule has 3 N–H and O–H groups in total. The number of rotatable bonds is 7. The molecule has 0 atom stereocenters. The van der Waals surface area contributed by atoms with E-state index in [2.05, 4.69) is 40.2 Å². The molecule has 35 heavy (non-hydrogen) atoms. The number of hydrogen-bond donors (Lipinski definition) is 3. The number of benzene rings is 2. The summed E-state index contributed by atoms with van der Waals surface area (Å²) in [5.74, 6) is -0.0177. The minimum absolute atomic E-state index is 0.0177. The summed E-state index contributed by atoms with van der Waals surface area (Å²) in [6.07, 6.45) is 10.8. The van der Waals surface area contributed by atoms with Crippen LogP contribution in [0.25, 0.3) is 33.1 Å². The van der Waals surface area contributed by atoms with E-state index in [1.165, 1.54) is 11.1 Å². The van der Waals surface area contributed by atoms with Gasteiger partial charge in [0.2, 0.25) is 5.56 Å². The fourth-order valence-electron chi connectivity index (χ4n) is 5.25. The van der Waals surface area contributed by atoms with E-state index in [1.807, 2.05) is 49.7 Å². The molecule has 5 heteroatoms. The predicted molar refractivity (Wildman–Crippen MR) is 146 cm³/mol. The van der Waals surface area contributed by atoms with Crippen LogP contribution in [0.5, 0.6) is 0 Å². The van der Waals surface area contributed by atoms with Gasteiger partial charge in [0.05, 0.1) is 5.69 Å². The highest BCUT2D eigenvalue weighted by molar-refractivity contribution is 6.01. The van der Waals surface area contributed by atoms with Crippen LogP contribution < -0.4 is 10.9 Å². The second-order valence-corrected chi connectivity index (χ2v) is 8.93. The van der Waals surface area contributed by atoms with E-state index >= 15 is 0 Å². The first-order valence-corrected chi connectivity index (χ1v) is 11.9. The van der Waals surface area contributed by atoms with Crippen molar-refractivity contribution in [3.05, 3.63) is 118 Å². The molecule has 5 nitrogen and oxygen atoms in total. The summed E-state index contributed by atoms with van der Waals surface area (Å²) in [6.45, 7) is 8.41. The normalized spacial score (nSPS) is 13.6. The van der Waals surface area contributed by atoms with Crippen molar-refractivity contribution in [3.63, 3.8) is 0 Å². The van der Waals surface area contributed by atoms with Crippen molar-refractivity contribution in [3.8, 4) is 0 Å². The number of aromatic nitrogens is 2. The van der Waals surface area contributed by atoms with Crippen LogP contribution in [0, 0.1) is 0 Å². The zero-order chi connectivity index (χ0) is 24.5. The smallest absolute Gasteiger partial charge is 0.248 e. The number of H-pyrrole nitrogens is 1. The van der Waals surface area contributed by atoms with Crippen molar-refractivity contribution >= 4 is 33.1 Å². The molecular formula is C30H29N3O2. The van der Waals surface area contributed by atoms with Crippen molar-refractivity contribution in [2.75, 3.05) is 7.05 Å². The van der Waals surface area contributed by atoms with Gasteiger partial charge in [0, 0.05) is 47.0 Å². The van der Waals surface area contributed by atoms with Gasteiger partial charge in [-0.05, 0) is 72.0 Å². The maximum Gasteiger partial charge on any atom is 0.248 e. The van der Waals surface area contributed by atoms with Gasteiger partial charge in [-0.1, -0.05) is 43.5 Å². The summed E-state index contributed by atoms with van der Waals surface area (Å²) in [7, 11) is 1.85. The summed E-state index contributed by atoms with van der Waals surface area (Å²) in [4.78, 5) is 15.4. The third kappa shape index (κ3) is 3.99. The van der Waals surface area contributed by atoms with Gasteiger partial charge < -0.3 is 20.0 Å². The first-order valence-electron chi connectivity index (χ1n) is 11.9. The largest absolute Gasteiger partial charge is 0.506 e. The quantitative estimate of drug-likeness (QED) is 0.238. The Balaban J connectivity index is 1.83. The fraction of sp³-hybridized carbons (Fsp3) is 0.167. The molecule has 2 aromatic heterocycles. The highest BCUT2D eigenvalue weighted by Crippen LogP contribution is 2.39. The van der Waals surface area contributed by atoms with E-state index in [-0.39, 0.29) is 11.3 Å². The van der Waals surface area contributed by atoms with Gasteiger partial charge in [-0.2, -0.15) is 0 Å². The van der Waals surface area contributed by atoms with E-state index in [0.717, 1.165) is 57.8 Å². The molecule has 4 aromatic rings. The van der Waals surface area contributed by atoms with Crippen LogP contribution in [0.4, 0.5) is 0 Å². The molecule has 0 saturated carbocycles. The Morgan fingerprint density at radius 3 is 2.69 bits per heavy atom. The lowest BCUT2D eigenvalue weighted by atomic mass is 9.98. The maximum atomic E-state index is 12.5. The van der Waals surface area contributed by atoms with Crippen LogP contribution in [0.3, 0.4) is 0 Å². The molecule has 0 radical (unpaired) electrons. The minimum Gasteiger partial charge on any atom is -0.506 e. The molecule has 0 spiro atoms. The SMILES string of the molecule is C=C/C(=C\C=C/NC)c1c(C(=C)O)n(Cc2cc(=O)[nH]c3ccccc23)c2cc3c(cc12)CCC3. The monoisotopic (exact) mass is 463 g/mol. The molecule has 0 saturated heterocycles. The number of fused-ring (bicyclic) bond motifs is 3. The van der Waals surface area contributed by atoms with Gasteiger partial charge in [-0.15, -0.1) is 0 Å². The van der Waals surface area contributed by atoms with Gasteiger partial charge in [-0.3, -0.25) is 4.79 Å². The van der Waals surface area contributed by atoms with Gasteiger partial charge >= 0.3 is 0 Å². The zero-order valence-corrected chi connectivity index (χ0v) is 19.9. The number of pyridine rings is 1. The summed E-state index contributed by atoms with van der Waals surface area (Å²) in [6, 6.07) is 13.9. The second kappa shape index (κ2) is 9.18. The van der Waals surface area contributed by atoms with E-state index in [9.17, 15) is 9.90 Å². The highest BCUT2D eigenvalue weighted by atomic mass is 16.3. The summed E-state index contributed by atoms with van der Waals surface area (Å²) in [5.41, 5.74) is 7.65. The number of para-hydroxylation sites is 1. The number of aromatic amines is 1. The van der Waals surface area contributed by atoms with Crippen molar-refractivity contribution < 1.29 is 5.11 Å². The minimum atomic E-state index is -0.149. The lowest BCUT2D eigenvalue weighted by Gasteiger charge is -2.14. The van der Waals surface area contributed by atoms with Gasteiger partial charge in [0.15, 0.2) is 0 Å². The number of nitrogens with zero attached hydrogens (tertiary/aromatic N) is 1. The molecule has 176 valence electrons. The Labute approximate surface area is 204 Å². The van der Waals surface area contributed by atoms with Crippen LogP contribution in [-0.2, 0) is 19.4 Å². The zero-order valence-electron chi connectivity index (χ0n) is 19.9. The van der Waals surface area contributed by atoms with Gasteiger partial charge in [-0.25, -0.2) is 0 Å². The summed E-state index contributed by atoms with van der Waals surface area (Å²) < 4.78 is 2.09. The van der Waals surface area contributed by atoms with E-state index < -0.39 is 0 Å². The average molecular weight is 464 g/mol. The van der Waals surface area contributed by atoms with Crippen LogP contribution in [0.1, 0.15) is 34.4 Å². The molecular weight excluding hydrogens is 434 g/mol. The molecule has 2 aromatic carbocycles. The topological polar surface area (TPSA) is 70.0 Å². The van der Waals surface area contributed by atoms with Crippen LogP contribution in [-0.4, -0.2) is 21.7 Å². The maximum absolute atomic E-state index is 12.5. The lowest BCUT2D eigenvalue weighted by molar-refractivity contribution is 0.505. The predicted octanol–water partition coefficient (Wildman–Crippen LogP) is 5.85. The first kappa shape index (κ1) is 22.5. The van der Waals surface area contributed by atoms with Crippen LogP contribution in [0.2, 0.25) is 0 Å². The Kier molecular flexibility index (Phi) is 5.91. The Morgan fingerprint density at radius 1 is 1.17 bits per heavy atom. The third-order valence-electron chi connectivity index (χ3n) is 6.76. The third-order valence-corrected chi connectivity index (χ3v) is 6.76. The van der Waals surface area contributed by atoms with Crippen molar-refractivity contribution in [1.82, 2.24) is 14.9 Å². The Bertz CT molecular complexity index is 1600. The number of allylic oxidation sites excluding steroid dienone is 4. The molecule has 0 amide bonds. The number of hydrogen-bond acceptors (Lipinski definition) is 3. The molecule has 0 fully saturated rings. The van der Waals surface area contributed by atoms with E-state index in [0.29, 0.717) is 12.2 Å². The molecule has 0 aliphatic heterocycles. The van der Waals surface area contributed by atoms with E-state index in [4.69, 9.17) is 0 Å². The molecule has 1 aliphatic rings. The van der Waals surface area contributed by atoms with Crippen molar-refractivity contribution in [1.29, 1.82) is 0 Å². The Hall–Kier alpha value is -4.25. The number of nitrogens with one attached hydrogen (secondary N) is 2. The van der Waals surface area contributed by atoms with Crippen LogP contribution >= 0.6 is 0 Å². The molecule has 0 bridgehead atoms. The van der Waals surface area contributed by atoms with Crippen LogP contribution in [0.15, 0.2) is 84.8 Å². The van der Waals surface area contributed by atoms with Crippen molar-refractivity contribution in [2.24, 2.45) is 0 Å².